The minimum atomic E-state index is -3.51. The van der Waals surface area contributed by atoms with E-state index in [1.807, 2.05) is 6.92 Å². The fraction of sp³-hybridized carbons (Fsp3) is 0.318. The molecule has 2 aromatic rings. The number of ether oxygens (including phenoxy) is 1. The molecule has 6 nitrogen and oxygen atoms in total. The van der Waals surface area contributed by atoms with Gasteiger partial charge < -0.3 is 9.84 Å². The van der Waals surface area contributed by atoms with Crippen molar-refractivity contribution >= 4 is 21.9 Å². The number of benzene rings is 2. The Hall–Kier alpha value is -2.64. The van der Waals surface area contributed by atoms with Crippen molar-refractivity contribution < 1.29 is 23.1 Å². The summed E-state index contributed by atoms with van der Waals surface area (Å²) in [5.41, 5.74) is 1.12. The van der Waals surface area contributed by atoms with Crippen LogP contribution in [0, 0.1) is 0 Å². The molecule has 7 heteroatoms. The predicted molar refractivity (Wildman–Crippen MR) is 112 cm³/mol. The molecule has 0 bridgehead atoms. The number of rotatable bonds is 7. The Morgan fingerprint density at radius 1 is 1.10 bits per heavy atom. The molecular weight excluding hydrogens is 390 g/mol. The second-order valence-corrected chi connectivity index (χ2v) is 8.78. The Labute approximate surface area is 171 Å². The van der Waals surface area contributed by atoms with Crippen molar-refractivity contribution in [3.63, 3.8) is 0 Å². The highest BCUT2D eigenvalue weighted by molar-refractivity contribution is 7.89. The van der Waals surface area contributed by atoms with Crippen LogP contribution in [0.2, 0.25) is 0 Å². The van der Waals surface area contributed by atoms with Crippen LogP contribution in [-0.4, -0.2) is 43.3 Å². The van der Waals surface area contributed by atoms with Crippen LogP contribution in [0.25, 0.3) is 6.08 Å². The van der Waals surface area contributed by atoms with E-state index in [0.717, 1.165) is 19.3 Å². The Kier molecular flexibility index (Phi) is 6.71. The monoisotopic (exact) mass is 415 g/mol. The van der Waals surface area contributed by atoms with Crippen molar-refractivity contribution in [2.75, 3.05) is 19.7 Å². The normalized spacial score (nSPS) is 15.5. The van der Waals surface area contributed by atoms with Crippen molar-refractivity contribution in [2.24, 2.45) is 0 Å². The molecule has 1 saturated heterocycles. The zero-order chi connectivity index (χ0) is 20.9. The van der Waals surface area contributed by atoms with E-state index in [1.54, 1.807) is 18.2 Å². The number of sulfonamides is 1. The van der Waals surface area contributed by atoms with Gasteiger partial charge in [0.2, 0.25) is 10.0 Å². The highest BCUT2D eigenvalue weighted by Gasteiger charge is 2.25. The van der Waals surface area contributed by atoms with Crippen LogP contribution in [-0.2, 0) is 10.0 Å². The number of phenolic OH excluding ortho intramolecular Hbond substituents is 1. The standard InChI is InChI=1S/C22H25NO5S/c1-2-28-22-16-17(7-13-21(22)25)6-12-20(24)18-8-10-19(11-9-18)29(26,27)23-14-4-3-5-15-23/h6-13,16,25H,2-5,14-15H2,1H3/b12-6+. The average molecular weight is 416 g/mol. The van der Waals surface area contributed by atoms with Crippen LogP contribution in [0.3, 0.4) is 0 Å². The summed E-state index contributed by atoms with van der Waals surface area (Å²) < 4.78 is 32.2. The third-order valence-corrected chi connectivity index (χ3v) is 6.72. The molecule has 0 aromatic heterocycles. The summed E-state index contributed by atoms with van der Waals surface area (Å²) in [4.78, 5) is 12.6. The summed E-state index contributed by atoms with van der Waals surface area (Å²) in [5, 5.41) is 9.74. The van der Waals surface area contributed by atoms with Crippen LogP contribution in [0.1, 0.15) is 42.1 Å². The maximum atomic E-state index is 12.7. The SMILES string of the molecule is CCOc1cc(/C=C/C(=O)c2ccc(S(=O)(=O)N3CCCCC3)cc2)ccc1O. The first-order valence-electron chi connectivity index (χ1n) is 9.70. The lowest BCUT2D eigenvalue weighted by Gasteiger charge is -2.25. The number of hydrogen-bond donors (Lipinski definition) is 1. The van der Waals surface area contributed by atoms with E-state index >= 15 is 0 Å². The number of nitrogens with zero attached hydrogens (tertiary/aromatic N) is 1. The van der Waals surface area contributed by atoms with E-state index in [4.69, 9.17) is 4.74 Å². The first kappa shape index (κ1) is 21.1. The highest BCUT2D eigenvalue weighted by atomic mass is 32.2. The van der Waals surface area contributed by atoms with E-state index in [2.05, 4.69) is 0 Å². The van der Waals surface area contributed by atoms with Crippen molar-refractivity contribution in [1.82, 2.24) is 4.31 Å². The van der Waals surface area contributed by atoms with Gasteiger partial charge in [-0.15, -0.1) is 0 Å². The smallest absolute Gasteiger partial charge is 0.243 e. The zero-order valence-electron chi connectivity index (χ0n) is 16.4. The Morgan fingerprint density at radius 3 is 2.45 bits per heavy atom. The molecule has 1 aliphatic heterocycles. The van der Waals surface area contributed by atoms with Gasteiger partial charge in [-0.2, -0.15) is 4.31 Å². The number of hydrogen-bond acceptors (Lipinski definition) is 5. The minimum Gasteiger partial charge on any atom is -0.504 e. The summed E-state index contributed by atoms with van der Waals surface area (Å²) in [7, 11) is -3.51. The first-order chi connectivity index (χ1) is 13.9. The van der Waals surface area contributed by atoms with E-state index in [1.165, 1.54) is 40.7 Å². The average Bonchev–Trinajstić information content (AvgIpc) is 2.75. The maximum absolute atomic E-state index is 12.7. The van der Waals surface area contributed by atoms with Gasteiger partial charge in [-0.05, 0) is 67.8 Å². The largest absolute Gasteiger partial charge is 0.504 e. The van der Waals surface area contributed by atoms with Gasteiger partial charge in [0, 0.05) is 18.7 Å². The third-order valence-electron chi connectivity index (χ3n) is 4.80. The summed E-state index contributed by atoms with van der Waals surface area (Å²) in [5.74, 6) is 0.160. The van der Waals surface area contributed by atoms with Gasteiger partial charge in [-0.1, -0.05) is 18.6 Å². The topological polar surface area (TPSA) is 83.9 Å². The minimum absolute atomic E-state index is 0.0424. The number of allylic oxidation sites excluding steroid dienone is 1. The molecule has 0 amide bonds. The molecule has 0 unspecified atom stereocenters. The van der Waals surface area contributed by atoms with E-state index in [-0.39, 0.29) is 16.4 Å². The van der Waals surface area contributed by atoms with Crippen LogP contribution in [0.15, 0.2) is 53.4 Å². The molecule has 1 aliphatic rings. The molecule has 2 aromatic carbocycles. The van der Waals surface area contributed by atoms with Crippen molar-refractivity contribution in [3.8, 4) is 11.5 Å². The Morgan fingerprint density at radius 2 is 1.79 bits per heavy atom. The van der Waals surface area contributed by atoms with E-state index in [0.29, 0.717) is 36.6 Å². The zero-order valence-corrected chi connectivity index (χ0v) is 17.2. The maximum Gasteiger partial charge on any atom is 0.243 e. The number of carbonyl (C=O) groups is 1. The van der Waals surface area contributed by atoms with E-state index < -0.39 is 10.0 Å². The van der Waals surface area contributed by atoms with Gasteiger partial charge in [0.15, 0.2) is 17.3 Å². The van der Waals surface area contributed by atoms with E-state index in [9.17, 15) is 18.3 Å². The Bertz CT molecular complexity index is 990. The lowest BCUT2D eigenvalue weighted by molar-refractivity contribution is 0.104. The second kappa shape index (κ2) is 9.24. The number of ketones is 1. The van der Waals surface area contributed by atoms with Gasteiger partial charge in [-0.3, -0.25) is 4.79 Å². The van der Waals surface area contributed by atoms with Gasteiger partial charge in [0.25, 0.3) is 0 Å². The molecule has 1 N–H and O–H groups in total. The molecule has 0 aliphatic carbocycles. The molecule has 1 heterocycles. The quantitative estimate of drug-likeness (QED) is 0.548. The molecule has 29 heavy (non-hydrogen) atoms. The van der Waals surface area contributed by atoms with Crippen molar-refractivity contribution in [2.45, 2.75) is 31.1 Å². The predicted octanol–water partition coefficient (Wildman–Crippen LogP) is 3.86. The fourth-order valence-corrected chi connectivity index (χ4v) is 4.74. The van der Waals surface area contributed by atoms with Gasteiger partial charge in [-0.25, -0.2) is 8.42 Å². The van der Waals surface area contributed by atoms with Crippen LogP contribution in [0.4, 0.5) is 0 Å². The summed E-state index contributed by atoms with van der Waals surface area (Å²) in [6, 6.07) is 10.9. The number of phenols is 1. The molecule has 0 spiro atoms. The molecule has 3 rings (SSSR count). The second-order valence-electron chi connectivity index (χ2n) is 6.85. The molecule has 154 valence electrons. The van der Waals surface area contributed by atoms with Crippen LogP contribution >= 0.6 is 0 Å². The summed E-state index contributed by atoms with van der Waals surface area (Å²) in [6.45, 7) is 3.33. The molecular formula is C22H25NO5S. The molecule has 0 atom stereocenters. The Balaban J connectivity index is 1.72. The molecule has 0 saturated carbocycles. The highest BCUT2D eigenvalue weighted by Crippen LogP contribution is 2.27. The van der Waals surface area contributed by atoms with Crippen LogP contribution in [0.5, 0.6) is 11.5 Å². The fourth-order valence-electron chi connectivity index (χ4n) is 3.22. The molecule has 0 radical (unpaired) electrons. The first-order valence-corrected chi connectivity index (χ1v) is 11.1. The van der Waals surface area contributed by atoms with Gasteiger partial charge in [0.1, 0.15) is 0 Å². The van der Waals surface area contributed by atoms with Gasteiger partial charge >= 0.3 is 0 Å². The number of piperidine rings is 1. The number of aromatic hydroxyl groups is 1. The van der Waals surface area contributed by atoms with Crippen molar-refractivity contribution in [1.29, 1.82) is 0 Å². The summed E-state index contributed by atoms with van der Waals surface area (Å²) >= 11 is 0. The van der Waals surface area contributed by atoms with Crippen molar-refractivity contribution in [3.05, 3.63) is 59.7 Å². The molecule has 1 fully saturated rings. The lowest BCUT2D eigenvalue weighted by atomic mass is 10.1. The lowest BCUT2D eigenvalue weighted by Crippen LogP contribution is -2.35. The summed E-state index contributed by atoms with van der Waals surface area (Å²) in [6.07, 6.45) is 5.85. The van der Waals surface area contributed by atoms with Crippen LogP contribution < -0.4 is 4.74 Å². The number of carbonyl (C=O) groups excluding carboxylic acids is 1. The third kappa shape index (κ3) is 5.05. The van der Waals surface area contributed by atoms with Gasteiger partial charge in [0.05, 0.1) is 11.5 Å².